The lowest BCUT2D eigenvalue weighted by atomic mass is 10.1. The van der Waals surface area contributed by atoms with Crippen LogP contribution in [0.15, 0.2) is 24.8 Å². The predicted molar refractivity (Wildman–Crippen MR) is 68.6 cm³/mol. The summed E-state index contributed by atoms with van der Waals surface area (Å²) in [6.07, 6.45) is 3.91. The Bertz CT molecular complexity index is 662. The molecule has 1 amide bonds. The second kappa shape index (κ2) is 5.86. The van der Waals surface area contributed by atoms with Crippen molar-refractivity contribution in [3.05, 3.63) is 46.3 Å². The number of imidazole rings is 1. The first-order chi connectivity index (χ1) is 9.97. The van der Waals surface area contributed by atoms with Crippen molar-refractivity contribution in [1.82, 2.24) is 20.3 Å². The Morgan fingerprint density at radius 2 is 2.24 bits per heavy atom. The average Bonchev–Trinajstić information content (AvgIpc) is 3.08. The third kappa shape index (κ3) is 3.43. The van der Waals surface area contributed by atoms with Crippen LogP contribution in [-0.4, -0.2) is 42.9 Å². The van der Waals surface area contributed by atoms with Crippen molar-refractivity contribution in [2.75, 3.05) is 0 Å². The van der Waals surface area contributed by atoms with Crippen LogP contribution < -0.4 is 5.32 Å². The van der Waals surface area contributed by atoms with Gasteiger partial charge >= 0.3 is 5.97 Å². The predicted octanol–water partition coefficient (Wildman–Crippen LogP) is 0.0717. The van der Waals surface area contributed by atoms with E-state index in [1.807, 2.05) is 0 Å². The summed E-state index contributed by atoms with van der Waals surface area (Å²) in [5.41, 5.74) is 0.179. The number of carbonyl (C=O) groups is 2. The number of carboxylic acids is 1. The quantitative estimate of drug-likeness (QED) is 0.436. The molecule has 2 aromatic rings. The molecule has 0 aliphatic heterocycles. The van der Waals surface area contributed by atoms with Gasteiger partial charge in [-0.15, -0.1) is 0 Å². The lowest BCUT2D eigenvalue weighted by Gasteiger charge is -2.12. The van der Waals surface area contributed by atoms with Gasteiger partial charge in [0.2, 0.25) is 0 Å². The van der Waals surface area contributed by atoms with E-state index in [2.05, 4.69) is 20.3 Å². The van der Waals surface area contributed by atoms with E-state index in [1.54, 1.807) is 0 Å². The molecule has 0 spiro atoms. The monoisotopic (exact) mass is 293 g/mol. The standard InChI is InChI=1S/C11H11N5O5/c17-10(8-2-7(4-13-8)16(20)21)15-9(11(18)19)1-6-3-12-5-14-6/h2-5,9,13H,1H2,(H,12,14)(H,15,17)(H,18,19). The fourth-order valence-corrected chi connectivity index (χ4v) is 1.67. The minimum absolute atomic E-state index is 0.0177. The summed E-state index contributed by atoms with van der Waals surface area (Å²) in [5.74, 6) is -1.96. The van der Waals surface area contributed by atoms with Crippen molar-refractivity contribution in [1.29, 1.82) is 0 Å². The molecular formula is C11H11N5O5. The maximum atomic E-state index is 11.9. The summed E-state index contributed by atoms with van der Waals surface area (Å²) < 4.78 is 0. The summed E-state index contributed by atoms with van der Waals surface area (Å²) in [6.45, 7) is 0. The topological polar surface area (TPSA) is 154 Å². The number of hydrogen-bond donors (Lipinski definition) is 4. The first-order valence-corrected chi connectivity index (χ1v) is 5.81. The number of carbonyl (C=O) groups excluding carboxylic acids is 1. The molecule has 0 bridgehead atoms. The summed E-state index contributed by atoms with van der Waals surface area (Å²) in [7, 11) is 0. The molecule has 1 atom stereocenters. The highest BCUT2D eigenvalue weighted by atomic mass is 16.6. The van der Waals surface area contributed by atoms with E-state index < -0.39 is 22.8 Å². The average molecular weight is 293 g/mol. The third-order valence-corrected chi connectivity index (χ3v) is 2.71. The Kier molecular flexibility index (Phi) is 3.97. The SMILES string of the molecule is O=C(NC(Cc1cnc[nH]1)C(=O)O)c1cc([N+](=O)[O-])c[nH]1. The lowest BCUT2D eigenvalue weighted by molar-refractivity contribution is -0.384. The number of hydrogen-bond acceptors (Lipinski definition) is 5. The summed E-state index contributed by atoms with van der Waals surface area (Å²) in [6, 6.07) is -0.148. The molecule has 2 aromatic heterocycles. The van der Waals surface area contributed by atoms with E-state index in [9.17, 15) is 19.7 Å². The van der Waals surface area contributed by atoms with E-state index in [1.165, 1.54) is 12.5 Å². The zero-order valence-electron chi connectivity index (χ0n) is 10.6. The zero-order valence-corrected chi connectivity index (χ0v) is 10.6. The number of H-pyrrole nitrogens is 2. The smallest absolute Gasteiger partial charge is 0.326 e. The Morgan fingerprint density at radius 1 is 1.48 bits per heavy atom. The zero-order chi connectivity index (χ0) is 15.4. The molecule has 0 fully saturated rings. The van der Waals surface area contributed by atoms with Crippen LogP contribution >= 0.6 is 0 Å². The van der Waals surface area contributed by atoms with Crippen LogP contribution in [0.2, 0.25) is 0 Å². The molecule has 0 aliphatic rings. The van der Waals surface area contributed by atoms with Gasteiger partial charge in [0.15, 0.2) is 0 Å². The van der Waals surface area contributed by atoms with Crippen LogP contribution in [0.25, 0.3) is 0 Å². The fraction of sp³-hybridized carbons (Fsp3) is 0.182. The summed E-state index contributed by atoms with van der Waals surface area (Å²) in [4.78, 5) is 41.8. The molecule has 2 heterocycles. The molecule has 1 unspecified atom stereocenters. The number of rotatable bonds is 6. The minimum Gasteiger partial charge on any atom is -0.480 e. The number of aliphatic carboxylic acids is 1. The van der Waals surface area contributed by atoms with Crippen molar-refractivity contribution in [3.8, 4) is 0 Å². The van der Waals surface area contributed by atoms with Gasteiger partial charge in [-0.1, -0.05) is 0 Å². The number of amides is 1. The molecule has 0 aliphatic carbocycles. The molecule has 2 rings (SSSR count). The van der Waals surface area contributed by atoms with Crippen molar-refractivity contribution < 1.29 is 19.6 Å². The maximum absolute atomic E-state index is 11.9. The highest BCUT2D eigenvalue weighted by Gasteiger charge is 2.23. The third-order valence-electron chi connectivity index (χ3n) is 2.71. The molecule has 0 saturated carbocycles. The van der Waals surface area contributed by atoms with Crippen LogP contribution in [0.5, 0.6) is 0 Å². The summed E-state index contributed by atoms with van der Waals surface area (Å²) in [5, 5.41) is 21.9. The molecule has 4 N–H and O–H groups in total. The van der Waals surface area contributed by atoms with Gasteiger partial charge in [-0.05, 0) is 0 Å². The van der Waals surface area contributed by atoms with Gasteiger partial charge in [-0.3, -0.25) is 14.9 Å². The van der Waals surface area contributed by atoms with Crippen LogP contribution in [-0.2, 0) is 11.2 Å². The Hall–Kier alpha value is -3.17. The van der Waals surface area contributed by atoms with E-state index in [4.69, 9.17) is 5.11 Å². The number of carboxylic acid groups (broad SMARTS) is 1. The number of aromatic amines is 2. The molecule has 10 heteroatoms. The van der Waals surface area contributed by atoms with Gasteiger partial charge in [-0.25, -0.2) is 9.78 Å². The van der Waals surface area contributed by atoms with Crippen LogP contribution in [0.3, 0.4) is 0 Å². The van der Waals surface area contributed by atoms with Crippen molar-refractivity contribution >= 4 is 17.6 Å². The highest BCUT2D eigenvalue weighted by Crippen LogP contribution is 2.12. The first-order valence-electron chi connectivity index (χ1n) is 5.81. The van der Waals surface area contributed by atoms with Gasteiger partial charge in [0.05, 0.1) is 17.4 Å². The maximum Gasteiger partial charge on any atom is 0.326 e. The van der Waals surface area contributed by atoms with Crippen molar-refractivity contribution in [3.63, 3.8) is 0 Å². The molecule has 10 nitrogen and oxygen atoms in total. The van der Waals surface area contributed by atoms with Crippen LogP contribution in [0.1, 0.15) is 16.2 Å². The van der Waals surface area contributed by atoms with Gasteiger partial charge in [0.25, 0.3) is 11.6 Å². The van der Waals surface area contributed by atoms with Gasteiger partial charge in [0, 0.05) is 24.4 Å². The normalized spacial score (nSPS) is 11.8. The van der Waals surface area contributed by atoms with E-state index in [0.29, 0.717) is 5.69 Å². The molecule has 110 valence electrons. The molecule has 0 aromatic carbocycles. The van der Waals surface area contributed by atoms with E-state index in [-0.39, 0.29) is 17.8 Å². The van der Waals surface area contributed by atoms with E-state index in [0.717, 1.165) is 12.3 Å². The first kappa shape index (κ1) is 14.2. The minimum atomic E-state index is -1.22. The number of aromatic nitrogens is 3. The van der Waals surface area contributed by atoms with Gasteiger partial charge < -0.3 is 20.4 Å². The molecular weight excluding hydrogens is 282 g/mol. The van der Waals surface area contributed by atoms with E-state index >= 15 is 0 Å². The largest absolute Gasteiger partial charge is 0.480 e. The number of nitrogens with zero attached hydrogens (tertiary/aromatic N) is 2. The van der Waals surface area contributed by atoms with Gasteiger partial charge in [-0.2, -0.15) is 0 Å². The Morgan fingerprint density at radius 3 is 2.76 bits per heavy atom. The fourth-order valence-electron chi connectivity index (χ4n) is 1.67. The van der Waals surface area contributed by atoms with Crippen molar-refractivity contribution in [2.24, 2.45) is 0 Å². The van der Waals surface area contributed by atoms with Crippen molar-refractivity contribution in [2.45, 2.75) is 12.5 Å². The second-order valence-corrected chi connectivity index (χ2v) is 4.17. The molecule has 0 radical (unpaired) electrons. The Labute approximate surface area is 117 Å². The van der Waals surface area contributed by atoms with Crippen LogP contribution in [0, 0.1) is 10.1 Å². The Balaban J connectivity index is 2.07. The molecule has 21 heavy (non-hydrogen) atoms. The number of nitro groups is 1. The second-order valence-electron chi connectivity index (χ2n) is 4.17. The van der Waals surface area contributed by atoms with Crippen LogP contribution in [0.4, 0.5) is 5.69 Å². The lowest BCUT2D eigenvalue weighted by Crippen LogP contribution is -2.42. The summed E-state index contributed by atoms with van der Waals surface area (Å²) >= 11 is 0. The molecule has 0 saturated heterocycles. The van der Waals surface area contributed by atoms with Gasteiger partial charge in [0.1, 0.15) is 11.7 Å². The number of nitrogens with one attached hydrogen (secondary N) is 3. The highest BCUT2D eigenvalue weighted by molar-refractivity contribution is 5.95.